The van der Waals surface area contributed by atoms with E-state index in [1.165, 1.54) is 0 Å². The Morgan fingerprint density at radius 2 is 2.83 bits per heavy atom. The van der Waals surface area contributed by atoms with Gasteiger partial charge in [0.25, 0.3) is 0 Å². The molecule has 0 bridgehead atoms. The van der Waals surface area contributed by atoms with Crippen molar-refractivity contribution < 1.29 is 9.63 Å². The van der Waals surface area contributed by atoms with Gasteiger partial charge in [-0.1, -0.05) is 0 Å². The van der Waals surface area contributed by atoms with E-state index in [4.69, 9.17) is 0 Å². The van der Waals surface area contributed by atoms with E-state index in [0.29, 0.717) is 0 Å². The largest absolute Gasteiger partial charge is 0.283 e. The zero-order chi connectivity index (χ0) is 4.41. The van der Waals surface area contributed by atoms with Gasteiger partial charge in [-0.15, -0.1) is 4.89 Å². The van der Waals surface area contributed by atoms with Crippen LogP contribution in [-0.2, 0) is 9.63 Å². The molecular formula is C2H3NO2S. The maximum absolute atomic E-state index is 10.0. The standard InChI is InChI=1S/C2H3NO2S/c4-2-1-5-3-6-2/h3H,1H2. The third-order valence-corrected chi connectivity index (χ3v) is 0.951. The van der Waals surface area contributed by atoms with Gasteiger partial charge in [-0.05, 0) is 0 Å². The maximum atomic E-state index is 10.0. The lowest BCUT2D eigenvalue weighted by molar-refractivity contribution is -0.113. The SMILES string of the molecule is O=C1CONS1. The Kier molecular flexibility index (Phi) is 1.09. The minimum absolute atomic E-state index is 0.0370. The van der Waals surface area contributed by atoms with Crippen molar-refractivity contribution in [1.82, 2.24) is 4.89 Å². The summed E-state index contributed by atoms with van der Waals surface area (Å²) < 4.78 is 0. The van der Waals surface area contributed by atoms with Crippen LogP contribution in [0.25, 0.3) is 0 Å². The van der Waals surface area contributed by atoms with Crippen LogP contribution in [-0.4, -0.2) is 11.7 Å². The Morgan fingerprint density at radius 1 is 2.00 bits per heavy atom. The fraction of sp³-hybridized carbons (Fsp3) is 0.500. The zero-order valence-electron chi connectivity index (χ0n) is 2.93. The molecule has 34 valence electrons. The third kappa shape index (κ3) is 0.707. The molecule has 1 heterocycles. The Labute approximate surface area is 39.1 Å². The normalized spacial score (nSPS) is 22.3. The summed E-state index contributed by atoms with van der Waals surface area (Å²) in [5, 5.41) is 0.0370. The van der Waals surface area contributed by atoms with Crippen molar-refractivity contribution in [2.24, 2.45) is 0 Å². The molecule has 0 aromatic rings. The predicted molar refractivity (Wildman–Crippen MR) is 21.7 cm³/mol. The number of hydrogen-bond acceptors (Lipinski definition) is 4. The molecular weight excluding hydrogens is 102 g/mol. The van der Waals surface area contributed by atoms with Crippen molar-refractivity contribution in [3.8, 4) is 0 Å². The Hall–Kier alpha value is -0.0600. The lowest BCUT2D eigenvalue weighted by Crippen LogP contribution is -1.92. The first kappa shape index (κ1) is 4.11. The summed E-state index contributed by atoms with van der Waals surface area (Å²) in [7, 11) is 0. The van der Waals surface area contributed by atoms with Crippen molar-refractivity contribution in [2.75, 3.05) is 6.61 Å². The smallest absolute Gasteiger partial charge is 0.233 e. The first-order chi connectivity index (χ1) is 2.89. The van der Waals surface area contributed by atoms with Crippen LogP contribution in [0, 0.1) is 0 Å². The van der Waals surface area contributed by atoms with Crippen LogP contribution in [0.3, 0.4) is 0 Å². The average Bonchev–Trinajstić information content (AvgIpc) is 1.86. The molecule has 0 unspecified atom stereocenters. The second-order valence-corrected chi connectivity index (χ2v) is 1.67. The summed E-state index contributed by atoms with van der Waals surface area (Å²) in [5.74, 6) is 0. The van der Waals surface area contributed by atoms with Gasteiger partial charge in [0, 0.05) is 11.9 Å². The minimum atomic E-state index is 0.0370. The molecule has 0 spiro atoms. The third-order valence-electron chi connectivity index (χ3n) is 0.404. The topological polar surface area (TPSA) is 38.3 Å². The van der Waals surface area contributed by atoms with Crippen molar-refractivity contribution in [3.05, 3.63) is 0 Å². The molecule has 3 nitrogen and oxygen atoms in total. The lowest BCUT2D eigenvalue weighted by Gasteiger charge is -1.76. The first-order valence-electron chi connectivity index (χ1n) is 1.46. The van der Waals surface area contributed by atoms with Crippen molar-refractivity contribution in [2.45, 2.75) is 0 Å². The Morgan fingerprint density at radius 3 is 3.00 bits per heavy atom. The predicted octanol–water partition coefficient (Wildman–Crippen LogP) is -0.304. The number of rotatable bonds is 0. The van der Waals surface area contributed by atoms with Gasteiger partial charge in [-0.25, -0.2) is 0 Å². The van der Waals surface area contributed by atoms with E-state index in [0.717, 1.165) is 11.9 Å². The van der Waals surface area contributed by atoms with Gasteiger partial charge in [0.2, 0.25) is 5.12 Å². The number of carbonyl (C=O) groups excluding carboxylic acids is 1. The second kappa shape index (κ2) is 1.59. The summed E-state index contributed by atoms with van der Waals surface area (Å²) in [6.07, 6.45) is 0. The van der Waals surface area contributed by atoms with E-state index in [2.05, 4.69) is 9.72 Å². The fourth-order valence-corrected chi connectivity index (χ4v) is 0.522. The molecule has 1 fully saturated rings. The summed E-state index contributed by atoms with van der Waals surface area (Å²) in [6.45, 7) is 0.199. The molecule has 0 saturated carbocycles. The number of carbonyl (C=O) groups is 1. The first-order valence-corrected chi connectivity index (χ1v) is 2.28. The quantitative estimate of drug-likeness (QED) is 0.429. The molecule has 1 saturated heterocycles. The van der Waals surface area contributed by atoms with Crippen LogP contribution >= 0.6 is 11.9 Å². The fourth-order valence-electron chi connectivity index (χ4n) is 0.194. The van der Waals surface area contributed by atoms with Crippen molar-refractivity contribution >= 4 is 17.1 Å². The van der Waals surface area contributed by atoms with Crippen LogP contribution in [0.4, 0.5) is 0 Å². The monoisotopic (exact) mass is 105 g/mol. The molecule has 1 aliphatic heterocycles. The Balaban J connectivity index is 2.37. The van der Waals surface area contributed by atoms with Gasteiger partial charge in [-0.2, -0.15) is 0 Å². The van der Waals surface area contributed by atoms with Gasteiger partial charge in [-0.3, -0.25) is 9.63 Å². The van der Waals surface area contributed by atoms with Crippen LogP contribution in [0.5, 0.6) is 0 Å². The highest BCUT2D eigenvalue weighted by atomic mass is 32.2. The van der Waals surface area contributed by atoms with E-state index in [9.17, 15) is 4.79 Å². The highest BCUT2D eigenvalue weighted by Crippen LogP contribution is 2.01. The molecule has 0 radical (unpaired) electrons. The maximum Gasteiger partial charge on any atom is 0.233 e. The molecule has 6 heavy (non-hydrogen) atoms. The summed E-state index contributed by atoms with van der Waals surface area (Å²) in [6, 6.07) is 0. The number of hydrogen-bond donors (Lipinski definition) is 1. The van der Waals surface area contributed by atoms with Crippen LogP contribution in [0.15, 0.2) is 0 Å². The molecule has 4 heteroatoms. The van der Waals surface area contributed by atoms with E-state index < -0.39 is 0 Å². The molecule has 0 aliphatic carbocycles. The summed E-state index contributed by atoms with van der Waals surface area (Å²) in [4.78, 5) is 16.8. The van der Waals surface area contributed by atoms with Gasteiger partial charge in [0.05, 0.1) is 0 Å². The molecule has 0 aromatic heterocycles. The lowest BCUT2D eigenvalue weighted by atomic mass is 10.8. The molecule has 1 aliphatic rings. The molecule has 0 amide bonds. The average molecular weight is 105 g/mol. The molecule has 0 aromatic carbocycles. The van der Waals surface area contributed by atoms with E-state index >= 15 is 0 Å². The van der Waals surface area contributed by atoms with E-state index in [1.807, 2.05) is 0 Å². The molecule has 1 N–H and O–H groups in total. The van der Waals surface area contributed by atoms with Crippen LogP contribution < -0.4 is 4.89 Å². The summed E-state index contributed by atoms with van der Waals surface area (Å²) in [5.41, 5.74) is 0. The zero-order valence-corrected chi connectivity index (χ0v) is 3.75. The second-order valence-electron chi connectivity index (χ2n) is 0.846. The number of nitrogens with one attached hydrogen (secondary N) is 1. The highest BCUT2D eigenvalue weighted by molar-refractivity contribution is 8.12. The van der Waals surface area contributed by atoms with Gasteiger partial charge >= 0.3 is 0 Å². The molecule has 1 rings (SSSR count). The van der Waals surface area contributed by atoms with Gasteiger partial charge in [0.15, 0.2) is 0 Å². The van der Waals surface area contributed by atoms with Crippen molar-refractivity contribution in [1.29, 1.82) is 0 Å². The van der Waals surface area contributed by atoms with Crippen LogP contribution in [0.2, 0.25) is 0 Å². The van der Waals surface area contributed by atoms with Gasteiger partial charge < -0.3 is 0 Å². The highest BCUT2D eigenvalue weighted by Gasteiger charge is 2.08. The van der Waals surface area contributed by atoms with Crippen LogP contribution in [0.1, 0.15) is 0 Å². The molecule has 0 atom stereocenters. The van der Waals surface area contributed by atoms with E-state index in [-0.39, 0.29) is 11.7 Å². The van der Waals surface area contributed by atoms with Crippen molar-refractivity contribution in [3.63, 3.8) is 0 Å². The van der Waals surface area contributed by atoms with E-state index in [1.54, 1.807) is 0 Å². The Bertz CT molecular complexity index is 65.9. The minimum Gasteiger partial charge on any atom is -0.283 e. The van der Waals surface area contributed by atoms with Gasteiger partial charge in [0.1, 0.15) is 6.61 Å². The summed E-state index contributed by atoms with van der Waals surface area (Å²) >= 11 is 0.986.